The van der Waals surface area contributed by atoms with Gasteiger partial charge in [-0.2, -0.15) is 5.10 Å². The number of carbonyl (C=O) groups excluding carboxylic acids is 2. The highest BCUT2D eigenvalue weighted by Crippen LogP contribution is 2.13. The van der Waals surface area contributed by atoms with Crippen LogP contribution >= 0.6 is 0 Å². The Morgan fingerprint density at radius 1 is 1.47 bits per heavy atom. The quantitative estimate of drug-likeness (QED) is 0.849. The number of likely N-dealkylation sites (tertiary alicyclic amines) is 1. The molecule has 6 nitrogen and oxygen atoms in total. The van der Waals surface area contributed by atoms with Crippen LogP contribution in [0.5, 0.6) is 0 Å². The van der Waals surface area contributed by atoms with Crippen LogP contribution in [0.25, 0.3) is 0 Å². The Labute approximate surface area is 112 Å². The molecular weight excluding hydrogens is 244 g/mol. The molecule has 1 fully saturated rings. The lowest BCUT2D eigenvalue weighted by molar-refractivity contribution is -0.122. The zero-order valence-corrected chi connectivity index (χ0v) is 11.2. The molecule has 104 valence electrons. The number of nitrogens with zero attached hydrogens (tertiary/aromatic N) is 2. The third-order valence-electron chi connectivity index (χ3n) is 3.37. The van der Waals surface area contributed by atoms with Gasteiger partial charge in [-0.3, -0.25) is 14.7 Å². The van der Waals surface area contributed by atoms with E-state index in [1.54, 1.807) is 6.20 Å². The van der Waals surface area contributed by atoms with Crippen LogP contribution in [0.2, 0.25) is 0 Å². The van der Waals surface area contributed by atoms with Gasteiger partial charge in [-0.1, -0.05) is 6.92 Å². The van der Waals surface area contributed by atoms with E-state index in [0.717, 1.165) is 19.3 Å². The number of H-pyrrole nitrogens is 1. The SMILES string of the molecule is CCCC(=O)NC1CCN(C(=O)c2cn[nH]c2)CC1. The highest BCUT2D eigenvalue weighted by atomic mass is 16.2. The molecule has 0 bridgehead atoms. The average Bonchev–Trinajstić information content (AvgIpc) is 2.93. The molecule has 0 spiro atoms. The van der Waals surface area contributed by atoms with E-state index in [4.69, 9.17) is 0 Å². The number of aromatic nitrogens is 2. The average molecular weight is 264 g/mol. The maximum Gasteiger partial charge on any atom is 0.257 e. The first-order valence-electron chi connectivity index (χ1n) is 6.78. The topological polar surface area (TPSA) is 78.1 Å². The lowest BCUT2D eigenvalue weighted by Crippen LogP contribution is -2.46. The summed E-state index contributed by atoms with van der Waals surface area (Å²) in [5.41, 5.74) is 0.591. The Morgan fingerprint density at radius 2 is 2.21 bits per heavy atom. The minimum atomic E-state index is 0.00656. The summed E-state index contributed by atoms with van der Waals surface area (Å²) >= 11 is 0. The van der Waals surface area contributed by atoms with Gasteiger partial charge < -0.3 is 10.2 Å². The number of amides is 2. The van der Waals surface area contributed by atoms with Crippen LogP contribution in [-0.4, -0.2) is 46.0 Å². The number of carbonyl (C=O) groups is 2. The van der Waals surface area contributed by atoms with Crippen LogP contribution in [-0.2, 0) is 4.79 Å². The fourth-order valence-corrected chi connectivity index (χ4v) is 2.30. The second-order valence-corrected chi connectivity index (χ2v) is 4.87. The van der Waals surface area contributed by atoms with Crippen LogP contribution < -0.4 is 5.32 Å². The number of aromatic amines is 1. The van der Waals surface area contributed by atoms with Gasteiger partial charge in [0.15, 0.2) is 0 Å². The summed E-state index contributed by atoms with van der Waals surface area (Å²) in [6, 6.07) is 0.201. The fraction of sp³-hybridized carbons (Fsp3) is 0.615. The molecule has 1 saturated heterocycles. The zero-order chi connectivity index (χ0) is 13.7. The van der Waals surface area contributed by atoms with Crippen molar-refractivity contribution in [3.8, 4) is 0 Å². The molecule has 0 atom stereocenters. The molecule has 0 radical (unpaired) electrons. The van der Waals surface area contributed by atoms with Gasteiger partial charge in [0, 0.05) is 31.7 Å². The van der Waals surface area contributed by atoms with E-state index in [-0.39, 0.29) is 17.9 Å². The molecule has 1 aliphatic rings. The number of piperidine rings is 1. The number of nitrogens with one attached hydrogen (secondary N) is 2. The van der Waals surface area contributed by atoms with Crippen LogP contribution in [0.15, 0.2) is 12.4 Å². The van der Waals surface area contributed by atoms with Gasteiger partial charge in [0.2, 0.25) is 5.91 Å². The monoisotopic (exact) mass is 264 g/mol. The Hall–Kier alpha value is -1.85. The van der Waals surface area contributed by atoms with Crippen LogP contribution in [0.4, 0.5) is 0 Å². The molecule has 0 saturated carbocycles. The highest BCUT2D eigenvalue weighted by molar-refractivity contribution is 5.93. The molecule has 2 amide bonds. The van der Waals surface area contributed by atoms with E-state index >= 15 is 0 Å². The van der Waals surface area contributed by atoms with Crippen molar-refractivity contribution in [3.63, 3.8) is 0 Å². The maximum atomic E-state index is 12.1. The summed E-state index contributed by atoms with van der Waals surface area (Å²) < 4.78 is 0. The summed E-state index contributed by atoms with van der Waals surface area (Å²) in [6.07, 6.45) is 6.23. The molecule has 2 N–H and O–H groups in total. The molecule has 0 unspecified atom stereocenters. The van der Waals surface area contributed by atoms with E-state index in [1.165, 1.54) is 6.20 Å². The third-order valence-corrected chi connectivity index (χ3v) is 3.37. The van der Waals surface area contributed by atoms with Gasteiger partial charge in [-0.25, -0.2) is 0 Å². The first-order chi connectivity index (χ1) is 9.20. The Balaban J connectivity index is 1.79. The van der Waals surface area contributed by atoms with Crippen molar-refractivity contribution in [2.75, 3.05) is 13.1 Å². The van der Waals surface area contributed by atoms with Crippen molar-refractivity contribution < 1.29 is 9.59 Å². The van der Waals surface area contributed by atoms with Gasteiger partial charge in [-0.15, -0.1) is 0 Å². The minimum absolute atomic E-state index is 0.00656. The molecule has 2 rings (SSSR count). The van der Waals surface area contributed by atoms with Crippen molar-refractivity contribution in [1.29, 1.82) is 0 Å². The first kappa shape index (κ1) is 13.6. The second kappa shape index (κ2) is 6.36. The molecule has 1 aliphatic heterocycles. The molecule has 2 heterocycles. The maximum absolute atomic E-state index is 12.1. The predicted molar refractivity (Wildman–Crippen MR) is 70.6 cm³/mol. The number of hydrogen-bond acceptors (Lipinski definition) is 3. The van der Waals surface area contributed by atoms with E-state index < -0.39 is 0 Å². The van der Waals surface area contributed by atoms with Crippen molar-refractivity contribution in [1.82, 2.24) is 20.4 Å². The molecule has 0 aromatic carbocycles. The molecule has 0 aliphatic carbocycles. The third kappa shape index (κ3) is 3.56. The zero-order valence-electron chi connectivity index (χ0n) is 11.2. The summed E-state index contributed by atoms with van der Waals surface area (Å²) in [5.74, 6) is 0.120. The van der Waals surface area contributed by atoms with Gasteiger partial charge in [0.1, 0.15) is 0 Å². The summed E-state index contributed by atoms with van der Waals surface area (Å²) in [6.45, 7) is 3.36. The van der Waals surface area contributed by atoms with Crippen molar-refractivity contribution in [2.24, 2.45) is 0 Å². The van der Waals surface area contributed by atoms with E-state index in [9.17, 15) is 9.59 Å². The van der Waals surface area contributed by atoms with Gasteiger partial charge in [-0.05, 0) is 19.3 Å². The summed E-state index contributed by atoms with van der Waals surface area (Å²) in [5, 5.41) is 9.45. The summed E-state index contributed by atoms with van der Waals surface area (Å²) in [7, 11) is 0. The van der Waals surface area contributed by atoms with Crippen LogP contribution in [0.3, 0.4) is 0 Å². The van der Waals surface area contributed by atoms with E-state index in [0.29, 0.717) is 25.1 Å². The van der Waals surface area contributed by atoms with Gasteiger partial charge in [0.05, 0.1) is 11.8 Å². The molecule has 1 aromatic heterocycles. The summed E-state index contributed by atoms with van der Waals surface area (Å²) in [4.78, 5) is 25.4. The minimum Gasteiger partial charge on any atom is -0.353 e. The van der Waals surface area contributed by atoms with Gasteiger partial charge in [0.25, 0.3) is 5.91 Å². The predicted octanol–water partition coefficient (Wildman–Crippen LogP) is 0.931. The molecular formula is C13H20N4O2. The molecule has 1 aromatic rings. The lowest BCUT2D eigenvalue weighted by Gasteiger charge is -2.32. The number of rotatable bonds is 4. The first-order valence-corrected chi connectivity index (χ1v) is 6.78. The van der Waals surface area contributed by atoms with Crippen molar-refractivity contribution >= 4 is 11.8 Å². The van der Waals surface area contributed by atoms with Gasteiger partial charge >= 0.3 is 0 Å². The van der Waals surface area contributed by atoms with Crippen LogP contribution in [0.1, 0.15) is 43.0 Å². The Kier molecular flexibility index (Phi) is 4.54. The Morgan fingerprint density at radius 3 is 2.79 bits per heavy atom. The second-order valence-electron chi connectivity index (χ2n) is 4.87. The van der Waals surface area contributed by atoms with Crippen molar-refractivity contribution in [3.05, 3.63) is 18.0 Å². The normalized spacial score (nSPS) is 16.4. The van der Waals surface area contributed by atoms with Crippen molar-refractivity contribution in [2.45, 2.75) is 38.6 Å². The lowest BCUT2D eigenvalue weighted by atomic mass is 10.0. The van der Waals surface area contributed by atoms with E-state index in [2.05, 4.69) is 15.5 Å². The molecule has 6 heteroatoms. The highest BCUT2D eigenvalue weighted by Gasteiger charge is 2.24. The smallest absolute Gasteiger partial charge is 0.257 e. The fourth-order valence-electron chi connectivity index (χ4n) is 2.30. The molecule has 19 heavy (non-hydrogen) atoms. The van der Waals surface area contributed by atoms with Crippen LogP contribution in [0, 0.1) is 0 Å². The number of hydrogen-bond donors (Lipinski definition) is 2. The standard InChI is InChI=1S/C13H20N4O2/c1-2-3-12(18)16-11-4-6-17(7-5-11)13(19)10-8-14-15-9-10/h8-9,11H,2-7H2,1H3,(H,14,15)(H,16,18). The van der Waals surface area contributed by atoms with E-state index in [1.807, 2.05) is 11.8 Å². The Bertz CT molecular complexity index is 422. The largest absolute Gasteiger partial charge is 0.353 e.